The number of hydrogen-bond acceptors (Lipinski definition) is 4. The maximum Gasteiger partial charge on any atom is 0.0540 e. The van der Waals surface area contributed by atoms with Gasteiger partial charge in [0.25, 0.3) is 0 Å². The predicted molar refractivity (Wildman–Crippen MR) is 393 cm³/mol. The van der Waals surface area contributed by atoms with Crippen LogP contribution in [-0.2, 0) is 0 Å². The fourth-order valence-electron chi connectivity index (χ4n) is 12.8. The molecular weight excluding hydrogens is 1110 g/mol. The average Bonchev–Trinajstić information content (AvgIpc) is 1.14. The standard InChI is InChI=1S/2C44H32N2/c2*1-3-17-37(18-4-1)45(43-23-11-15-35-13-7-9-21-41(35)43)39-29-25-33(26-30-39)34-27-31-40(32-28-34)46(38-19-5-2-6-20-38)44-24-12-16-36-14-8-10-22-42(36)44/h2*1-32H. The molecule has 0 aliphatic heterocycles. The first-order valence-electron chi connectivity index (χ1n) is 31.4. The Kier molecular flexibility index (Phi) is 15.8. The van der Waals surface area contributed by atoms with Crippen molar-refractivity contribution in [2.24, 2.45) is 0 Å². The summed E-state index contributed by atoms with van der Waals surface area (Å²) in [6.45, 7) is 0. The van der Waals surface area contributed by atoms with Gasteiger partial charge in [-0.3, -0.25) is 0 Å². The lowest BCUT2D eigenvalue weighted by atomic mass is 10.0. The smallest absolute Gasteiger partial charge is 0.0540 e. The van der Waals surface area contributed by atoms with Crippen LogP contribution in [0.3, 0.4) is 0 Å². The zero-order valence-electron chi connectivity index (χ0n) is 50.7. The SMILES string of the molecule is c1ccc(N(c2ccc(-c3ccc(N(c4ccccc4)c4cccc5ccccc45)cc3)cc2)c2cccc3ccccc23)cc1.c1ccc(N(c2ccc(-c3ccc(N(c4ccccc4)c4cccc5ccccc45)cc3)cc2)c2cccc3ccccc23)cc1. The van der Waals surface area contributed by atoms with E-state index < -0.39 is 0 Å². The second-order valence-corrected chi connectivity index (χ2v) is 22.9. The van der Waals surface area contributed by atoms with Crippen LogP contribution < -0.4 is 19.6 Å². The quantitative estimate of drug-likeness (QED) is 0.108. The highest BCUT2D eigenvalue weighted by molar-refractivity contribution is 6.03. The lowest BCUT2D eigenvalue weighted by Gasteiger charge is -2.27. The molecule has 4 heteroatoms. The molecule has 0 atom stereocenters. The fraction of sp³-hybridized carbons (Fsp3) is 0. The fourth-order valence-corrected chi connectivity index (χ4v) is 12.8. The van der Waals surface area contributed by atoms with E-state index in [0.717, 1.165) is 68.2 Å². The van der Waals surface area contributed by atoms with Gasteiger partial charge in [-0.05, 0) is 165 Å². The number of anilines is 12. The van der Waals surface area contributed by atoms with Gasteiger partial charge in [0.1, 0.15) is 0 Å². The number of fused-ring (bicyclic) bond motifs is 4. The van der Waals surface area contributed by atoms with Gasteiger partial charge in [-0.25, -0.2) is 0 Å². The molecule has 0 N–H and O–H groups in total. The largest absolute Gasteiger partial charge is 0.310 e. The van der Waals surface area contributed by atoms with Crippen LogP contribution in [0.1, 0.15) is 0 Å². The minimum atomic E-state index is 1.12. The number of benzene rings is 16. The summed E-state index contributed by atoms with van der Waals surface area (Å²) in [5, 5.41) is 9.81. The Morgan fingerprint density at radius 1 is 0.120 bits per heavy atom. The lowest BCUT2D eigenvalue weighted by Crippen LogP contribution is -2.10. The van der Waals surface area contributed by atoms with Crippen molar-refractivity contribution in [3.05, 3.63) is 388 Å². The molecule has 0 aromatic heterocycles. The highest BCUT2D eigenvalue weighted by Gasteiger charge is 2.20. The van der Waals surface area contributed by atoms with Crippen LogP contribution in [0.5, 0.6) is 0 Å². The summed E-state index contributed by atoms with van der Waals surface area (Å²) >= 11 is 0. The third kappa shape index (κ3) is 11.5. The van der Waals surface area contributed by atoms with E-state index >= 15 is 0 Å². The molecular formula is C88H64N4. The van der Waals surface area contributed by atoms with Gasteiger partial charge in [-0.1, -0.05) is 267 Å². The Bertz CT molecular complexity index is 4460. The van der Waals surface area contributed by atoms with Crippen molar-refractivity contribution >= 4 is 111 Å². The molecule has 0 saturated carbocycles. The van der Waals surface area contributed by atoms with E-state index in [2.05, 4.69) is 408 Å². The van der Waals surface area contributed by atoms with E-state index in [-0.39, 0.29) is 0 Å². The molecule has 0 heterocycles. The van der Waals surface area contributed by atoms with Crippen LogP contribution >= 0.6 is 0 Å². The topological polar surface area (TPSA) is 13.0 Å². The predicted octanol–water partition coefficient (Wildman–Crippen LogP) is 25.2. The van der Waals surface area contributed by atoms with E-state index in [4.69, 9.17) is 0 Å². The summed E-state index contributed by atoms with van der Waals surface area (Å²) in [7, 11) is 0. The van der Waals surface area contributed by atoms with Gasteiger partial charge in [0, 0.05) is 67.0 Å². The maximum absolute atomic E-state index is 2.34. The number of rotatable bonds is 14. The van der Waals surface area contributed by atoms with E-state index in [9.17, 15) is 0 Å². The normalized spacial score (nSPS) is 11.0. The highest BCUT2D eigenvalue weighted by Crippen LogP contribution is 2.45. The monoisotopic (exact) mass is 1180 g/mol. The lowest BCUT2D eigenvalue weighted by molar-refractivity contribution is 1.29. The zero-order chi connectivity index (χ0) is 61.4. The van der Waals surface area contributed by atoms with Crippen LogP contribution in [-0.4, -0.2) is 0 Å². The summed E-state index contributed by atoms with van der Waals surface area (Å²) in [6, 6.07) is 138. The molecule has 0 saturated heterocycles. The van der Waals surface area contributed by atoms with E-state index in [0.29, 0.717) is 0 Å². The Morgan fingerprint density at radius 3 is 0.489 bits per heavy atom. The molecule has 0 radical (unpaired) electrons. The molecule has 0 unspecified atom stereocenters. The van der Waals surface area contributed by atoms with Crippen LogP contribution in [0, 0.1) is 0 Å². The molecule has 0 bridgehead atoms. The molecule has 0 fully saturated rings. The van der Waals surface area contributed by atoms with Gasteiger partial charge in [0.05, 0.1) is 22.7 Å². The van der Waals surface area contributed by atoms with Gasteiger partial charge in [0.2, 0.25) is 0 Å². The second-order valence-electron chi connectivity index (χ2n) is 22.9. The minimum Gasteiger partial charge on any atom is -0.310 e. The van der Waals surface area contributed by atoms with Crippen molar-refractivity contribution in [3.8, 4) is 22.3 Å². The average molecular weight is 1180 g/mol. The molecule has 16 aromatic carbocycles. The van der Waals surface area contributed by atoms with Crippen molar-refractivity contribution in [1.82, 2.24) is 0 Å². The van der Waals surface area contributed by atoms with Gasteiger partial charge < -0.3 is 19.6 Å². The van der Waals surface area contributed by atoms with Gasteiger partial charge >= 0.3 is 0 Å². The van der Waals surface area contributed by atoms with Crippen molar-refractivity contribution in [2.45, 2.75) is 0 Å². The maximum atomic E-state index is 2.34. The Hall–Kier alpha value is -12.2. The molecule has 0 aliphatic rings. The molecule has 92 heavy (non-hydrogen) atoms. The molecule has 16 rings (SSSR count). The highest BCUT2D eigenvalue weighted by atomic mass is 15.2. The van der Waals surface area contributed by atoms with E-state index in [1.165, 1.54) is 65.3 Å². The third-order valence-electron chi connectivity index (χ3n) is 17.3. The zero-order valence-corrected chi connectivity index (χ0v) is 50.7. The van der Waals surface area contributed by atoms with Crippen molar-refractivity contribution in [1.29, 1.82) is 0 Å². The van der Waals surface area contributed by atoms with Gasteiger partial charge in [-0.15, -0.1) is 0 Å². The second kappa shape index (κ2) is 25.8. The minimum absolute atomic E-state index is 1.12. The number of nitrogens with zero attached hydrogens (tertiary/aromatic N) is 4. The first-order valence-corrected chi connectivity index (χ1v) is 31.4. The van der Waals surface area contributed by atoms with Gasteiger partial charge in [-0.2, -0.15) is 0 Å². The van der Waals surface area contributed by atoms with Crippen molar-refractivity contribution < 1.29 is 0 Å². The summed E-state index contributed by atoms with van der Waals surface area (Å²) in [4.78, 5) is 9.38. The molecule has 0 aliphatic carbocycles. The third-order valence-corrected chi connectivity index (χ3v) is 17.3. The Morgan fingerprint density at radius 2 is 0.283 bits per heavy atom. The Balaban J connectivity index is 0.000000153. The number of para-hydroxylation sites is 4. The summed E-state index contributed by atoms with van der Waals surface area (Å²) < 4.78 is 0. The van der Waals surface area contributed by atoms with Crippen molar-refractivity contribution in [3.63, 3.8) is 0 Å². The molecule has 0 spiro atoms. The summed E-state index contributed by atoms with van der Waals surface area (Å²) in [5.41, 5.74) is 18.4. The van der Waals surface area contributed by atoms with Crippen LogP contribution in [0.2, 0.25) is 0 Å². The molecule has 16 aromatic rings. The van der Waals surface area contributed by atoms with E-state index in [1.807, 2.05) is 0 Å². The summed E-state index contributed by atoms with van der Waals surface area (Å²) in [5.74, 6) is 0. The summed E-state index contributed by atoms with van der Waals surface area (Å²) in [6.07, 6.45) is 0. The molecule has 436 valence electrons. The first kappa shape index (κ1) is 56.3. The molecule has 4 nitrogen and oxygen atoms in total. The molecule has 0 amide bonds. The van der Waals surface area contributed by atoms with Gasteiger partial charge in [0.15, 0.2) is 0 Å². The van der Waals surface area contributed by atoms with Crippen LogP contribution in [0.15, 0.2) is 388 Å². The van der Waals surface area contributed by atoms with Crippen LogP contribution in [0.4, 0.5) is 68.2 Å². The van der Waals surface area contributed by atoms with Crippen LogP contribution in [0.25, 0.3) is 65.3 Å². The Labute approximate surface area is 538 Å². The van der Waals surface area contributed by atoms with Crippen molar-refractivity contribution in [2.75, 3.05) is 19.6 Å². The first-order chi connectivity index (χ1) is 45.7. The number of hydrogen-bond donors (Lipinski definition) is 0. The van der Waals surface area contributed by atoms with E-state index in [1.54, 1.807) is 0 Å².